The van der Waals surface area contributed by atoms with Crippen molar-refractivity contribution in [1.29, 1.82) is 0 Å². The smallest absolute Gasteiger partial charge is 0.106 e. The lowest BCUT2D eigenvalue weighted by Gasteiger charge is -2.49. The normalized spacial score (nSPS) is 35.6. The molecule has 30 heavy (non-hydrogen) atoms. The number of nitrogens with zero attached hydrogens (tertiary/aromatic N) is 2. The van der Waals surface area contributed by atoms with Crippen LogP contribution < -0.4 is 0 Å². The van der Waals surface area contributed by atoms with Crippen molar-refractivity contribution in [2.75, 3.05) is 6.54 Å². The molecule has 0 N–H and O–H groups in total. The van der Waals surface area contributed by atoms with Gasteiger partial charge in [-0.1, -0.05) is 58.9 Å². The fourth-order valence-electron chi connectivity index (χ4n) is 6.55. The first-order chi connectivity index (χ1) is 14.5. The largest absolute Gasteiger partial charge is 0.349 e. The van der Waals surface area contributed by atoms with Crippen LogP contribution in [-0.2, 0) is 0 Å². The topological polar surface area (TPSA) is 6.48 Å². The zero-order valence-electron chi connectivity index (χ0n) is 19.3. The van der Waals surface area contributed by atoms with Crippen LogP contribution in [0.2, 0.25) is 0 Å². The third-order valence-corrected chi connectivity index (χ3v) is 9.39. The van der Waals surface area contributed by atoms with E-state index in [-0.39, 0.29) is 0 Å². The van der Waals surface area contributed by atoms with Crippen LogP contribution >= 0.6 is 11.8 Å². The van der Waals surface area contributed by atoms with E-state index < -0.39 is 0 Å². The van der Waals surface area contributed by atoms with E-state index in [1.54, 1.807) is 22.7 Å². The minimum Gasteiger partial charge on any atom is -0.349 e. The summed E-state index contributed by atoms with van der Waals surface area (Å²) >= 11 is 2.04. The molecule has 0 aromatic rings. The molecule has 3 aliphatic heterocycles. The first kappa shape index (κ1) is 20.5. The quantitative estimate of drug-likeness (QED) is 0.475. The Labute approximate surface area is 187 Å². The maximum atomic E-state index is 2.87. The van der Waals surface area contributed by atoms with Gasteiger partial charge in [0.05, 0.1) is 5.70 Å². The van der Waals surface area contributed by atoms with Crippen molar-refractivity contribution in [2.45, 2.75) is 71.7 Å². The molecular formula is C27H38N2S. The van der Waals surface area contributed by atoms with Crippen molar-refractivity contribution in [3.05, 3.63) is 58.5 Å². The number of fused-ring (bicyclic) bond motifs is 5. The predicted molar refractivity (Wildman–Crippen MR) is 129 cm³/mol. The number of piperidine rings is 1. The van der Waals surface area contributed by atoms with Crippen LogP contribution in [0.4, 0.5) is 0 Å². The number of rotatable bonds is 5. The summed E-state index contributed by atoms with van der Waals surface area (Å²) in [5, 5.41) is 3.01. The second-order valence-corrected chi connectivity index (χ2v) is 11.5. The summed E-state index contributed by atoms with van der Waals surface area (Å²) in [5.41, 5.74) is 6.49. The number of hydrogen-bond donors (Lipinski definition) is 0. The van der Waals surface area contributed by atoms with E-state index in [0.29, 0.717) is 29.2 Å². The van der Waals surface area contributed by atoms with Gasteiger partial charge in [0.15, 0.2) is 0 Å². The number of hydrogen-bond acceptors (Lipinski definition) is 3. The highest BCUT2D eigenvalue weighted by atomic mass is 32.2. The van der Waals surface area contributed by atoms with Gasteiger partial charge >= 0.3 is 0 Å². The summed E-state index contributed by atoms with van der Waals surface area (Å²) in [4.78, 5) is 5.65. The Morgan fingerprint density at radius 1 is 1.10 bits per heavy atom. The molecule has 0 spiro atoms. The summed E-state index contributed by atoms with van der Waals surface area (Å²) in [6.45, 7) is 13.2. The predicted octanol–water partition coefficient (Wildman–Crippen LogP) is 6.92. The van der Waals surface area contributed by atoms with Crippen molar-refractivity contribution >= 4 is 11.8 Å². The molecule has 162 valence electrons. The third kappa shape index (κ3) is 3.06. The maximum Gasteiger partial charge on any atom is 0.106 e. The molecule has 6 unspecified atom stereocenters. The van der Waals surface area contributed by atoms with Crippen LogP contribution in [0, 0.1) is 29.6 Å². The summed E-state index contributed by atoms with van der Waals surface area (Å²) in [6, 6.07) is 0. The van der Waals surface area contributed by atoms with Gasteiger partial charge in [0.2, 0.25) is 0 Å². The SMILES string of the molecule is CC/C=C\SC(C)C1CC2N(C1)C1=C3C(CC=C1)C(C)C1CC=CC(C(C)C)=C1N32. The Morgan fingerprint density at radius 2 is 1.83 bits per heavy atom. The number of thioether (sulfide) groups is 1. The molecule has 0 saturated carbocycles. The minimum atomic E-state index is 0.536. The molecule has 2 fully saturated rings. The first-order valence-corrected chi connectivity index (χ1v) is 13.1. The lowest BCUT2D eigenvalue weighted by molar-refractivity contribution is 0.121. The zero-order chi connectivity index (χ0) is 21.0. The van der Waals surface area contributed by atoms with Crippen LogP contribution in [-0.4, -0.2) is 27.8 Å². The van der Waals surface area contributed by atoms with Crippen LogP contribution in [0.5, 0.6) is 0 Å². The molecule has 0 radical (unpaired) electrons. The van der Waals surface area contributed by atoms with Gasteiger partial charge in [-0.3, -0.25) is 0 Å². The second kappa shape index (κ2) is 7.97. The van der Waals surface area contributed by atoms with Crippen LogP contribution in [0.3, 0.4) is 0 Å². The molecule has 5 rings (SSSR count). The fraction of sp³-hybridized carbons (Fsp3) is 0.630. The van der Waals surface area contributed by atoms with Crippen molar-refractivity contribution in [1.82, 2.24) is 9.80 Å². The molecule has 6 atom stereocenters. The van der Waals surface area contributed by atoms with Gasteiger partial charge in [0.25, 0.3) is 0 Å². The van der Waals surface area contributed by atoms with E-state index in [1.807, 2.05) is 11.8 Å². The van der Waals surface area contributed by atoms with Crippen LogP contribution in [0.25, 0.3) is 0 Å². The lowest BCUT2D eigenvalue weighted by Crippen LogP contribution is -2.46. The molecule has 5 aliphatic rings. The molecule has 0 aromatic carbocycles. The third-order valence-electron chi connectivity index (χ3n) is 8.23. The Balaban J connectivity index is 1.53. The minimum absolute atomic E-state index is 0.536. The average Bonchev–Trinajstić information content (AvgIpc) is 3.30. The molecule has 2 saturated heterocycles. The Bertz CT molecular complexity index is 845. The Kier molecular flexibility index (Phi) is 5.46. The van der Waals surface area contributed by atoms with Gasteiger partial charge in [-0.15, -0.1) is 11.8 Å². The van der Waals surface area contributed by atoms with E-state index in [9.17, 15) is 0 Å². The molecular weight excluding hydrogens is 384 g/mol. The molecule has 0 bridgehead atoms. The van der Waals surface area contributed by atoms with Gasteiger partial charge in [-0.25, -0.2) is 0 Å². The van der Waals surface area contributed by atoms with Gasteiger partial charge in [-0.05, 0) is 60.5 Å². The second-order valence-electron chi connectivity index (χ2n) is 10.2. The summed E-state index contributed by atoms with van der Waals surface area (Å²) < 4.78 is 0. The van der Waals surface area contributed by atoms with E-state index in [1.165, 1.54) is 25.8 Å². The van der Waals surface area contributed by atoms with E-state index >= 15 is 0 Å². The molecule has 3 heterocycles. The summed E-state index contributed by atoms with van der Waals surface area (Å²) in [5.74, 6) is 3.46. The molecule has 0 amide bonds. The van der Waals surface area contributed by atoms with Gasteiger partial charge in [0, 0.05) is 35.0 Å². The average molecular weight is 423 g/mol. The highest BCUT2D eigenvalue weighted by Gasteiger charge is 2.54. The van der Waals surface area contributed by atoms with E-state index in [0.717, 1.165) is 18.3 Å². The Morgan fingerprint density at radius 3 is 2.57 bits per heavy atom. The molecule has 2 nitrogen and oxygen atoms in total. The Hall–Kier alpha value is -1.35. The monoisotopic (exact) mass is 422 g/mol. The first-order valence-electron chi connectivity index (χ1n) is 12.2. The molecule has 0 aromatic heterocycles. The van der Waals surface area contributed by atoms with Crippen molar-refractivity contribution < 1.29 is 0 Å². The van der Waals surface area contributed by atoms with Gasteiger partial charge in [-0.2, -0.15) is 0 Å². The highest BCUT2D eigenvalue weighted by molar-refractivity contribution is 8.02. The van der Waals surface area contributed by atoms with E-state index in [2.05, 4.69) is 80.2 Å². The van der Waals surface area contributed by atoms with Crippen molar-refractivity contribution in [3.63, 3.8) is 0 Å². The van der Waals surface area contributed by atoms with Crippen LogP contribution in [0.15, 0.2) is 58.5 Å². The number of allylic oxidation sites excluding steroid dienone is 8. The summed E-state index contributed by atoms with van der Waals surface area (Å²) in [6.07, 6.45) is 17.5. The molecule has 2 aliphatic carbocycles. The van der Waals surface area contributed by atoms with Crippen molar-refractivity contribution in [2.24, 2.45) is 29.6 Å². The lowest BCUT2D eigenvalue weighted by atomic mass is 9.68. The standard InChI is InChI=1S/C27H38N2S/c1-6-7-14-30-19(5)20-15-25-28(16-20)24-13-9-12-23-18(4)22-11-8-10-21(17(2)3)26(22)29(25)27(23)24/h7-10,13-14,17-20,22-23,25H,6,11-12,15-16H2,1-5H3/b14-7-. The zero-order valence-corrected chi connectivity index (χ0v) is 20.2. The maximum absolute atomic E-state index is 2.87. The fourth-order valence-corrected chi connectivity index (χ4v) is 7.52. The summed E-state index contributed by atoms with van der Waals surface area (Å²) in [7, 11) is 0. The van der Waals surface area contributed by atoms with Gasteiger partial charge in [0.1, 0.15) is 6.17 Å². The van der Waals surface area contributed by atoms with Crippen LogP contribution in [0.1, 0.15) is 60.3 Å². The van der Waals surface area contributed by atoms with E-state index in [4.69, 9.17) is 0 Å². The highest BCUT2D eigenvalue weighted by Crippen LogP contribution is 2.57. The molecule has 3 heteroatoms. The van der Waals surface area contributed by atoms with Crippen molar-refractivity contribution in [3.8, 4) is 0 Å². The van der Waals surface area contributed by atoms with Gasteiger partial charge < -0.3 is 9.80 Å².